The van der Waals surface area contributed by atoms with Crippen LogP contribution >= 0.6 is 0 Å². The van der Waals surface area contributed by atoms with Crippen molar-refractivity contribution in [2.24, 2.45) is 5.92 Å². The highest BCUT2D eigenvalue weighted by Gasteiger charge is 2.42. The highest BCUT2D eigenvalue weighted by molar-refractivity contribution is 6.00. The molecule has 1 aliphatic carbocycles. The summed E-state index contributed by atoms with van der Waals surface area (Å²) in [5.74, 6) is 0.0895. The Morgan fingerprint density at radius 3 is 2.39 bits per heavy atom. The lowest BCUT2D eigenvalue weighted by Gasteiger charge is -2.35. The van der Waals surface area contributed by atoms with E-state index >= 15 is 0 Å². The molecule has 2 N–H and O–H groups in total. The molecule has 3 atom stereocenters. The van der Waals surface area contributed by atoms with E-state index in [4.69, 9.17) is 9.47 Å². The molecule has 1 saturated heterocycles. The number of carbonyl (C=O) groups excluding carboxylic acids is 4. The van der Waals surface area contributed by atoms with E-state index in [2.05, 4.69) is 20.9 Å². The monoisotopic (exact) mass is 775 g/mol. The van der Waals surface area contributed by atoms with Gasteiger partial charge in [-0.15, -0.1) is 5.10 Å². The molecule has 4 aromatic rings. The van der Waals surface area contributed by atoms with Crippen LogP contribution in [0.15, 0.2) is 85.1 Å². The van der Waals surface area contributed by atoms with E-state index in [1.165, 1.54) is 4.90 Å². The molecule has 4 aliphatic rings. The SMILES string of the molecule is CN1C(=O)[C@H]2CCCN2C(=O)[C@@H](CC2CCCCC2)NC(=O)c2ccccc2OCc2cn(nn2)CCOc2ccc(cc2)CCNC(=O)[C@@H]1Cc1ccccc1. The number of fused-ring (bicyclic) bond motifs is 14. The summed E-state index contributed by atoms with van der Waals surface area (Å²) >= 11 is 0. The number of nitrogens with zero attached hydrogens (tertiary/aromatic N) is 5. The summed E-state index contributed by atoms with van der Waals surface area (Å²) in [6, 6.07) is 22.0. The second-order valence-corrected chi connectivity index (χ2v) is 15.4. The molecule has 13 nitrogen and oxygen atoms in total. The predicted molar refractivity (Wildman–Crippen MR) is 213 cm³/mol. The molecule has 0 radical (unpaired) electrons. The van der Waals surface area contributed by atoms with Crippen molar-refractivity contribution in [1.29, 1.82) is 0 Å². The van der Waals surface area contributed by atoms with Crippen LogP contribution in [0.5, 0.6) is 11.5 Å². The number of aromatic nitrogens is 3. The molecule has 0 unspecified atom stereocenters. The summed E-state index contributed by atoms with van der Waals surface area (Å²) in [6.45, 7) is 1.69. The third kappa shape index (κ3) is 10.2. The second-order valence-electron chi connectivity index (χ2n) is 15.4. The van der Waals surface area contributed by atoms with Gasteiger partial charge in [0, 0.05) is 26.6 Å². The second kappa shape index (κ2) is 18.9. The highest BCUT2D eigenvalue weighted by Crippen LogP contribution is 2.30. The van der Waals surface area contributed by atoms with Gasteiger partial charge in [-0.2, -0.15) is 0 Å². The molecule has 4 heterocycles. The van der Waals surface area contributed by atoms with Gasteiger partial charge in [0.1, 0.15) is 48.5 Å². The molecule has 8 rings (SSSR count). The smallest absolute Gasteiger partial charge is 0.255 e. The molecule has 0 spiro atoms. The van der Waals surface area contributed by atoms with Gasteiger partial charge in [0.05, 0.1) is 18.3 Å². The number of likely N-dealkylation sites (N-methyl/N-ethyl adjacent to an activating group) is 1. The molecular weight excluding hydrogens is 723 g/mol. The maximum atomic E-state index is 14.7. The van der Waals surface area contributed by atoms with Crippen LogP contribution in [0.3, 0.4) is 0 Å². The molecular formula is C44H53N7O6. The standard InChI is InChI=1S/C44H53N7O6/c1-49-39(28-33-13-6-3-7-14-33)42(53)45-23-22-31-18-20-35(21-19-31)56-26-25-50-29-34(47-48-50)30-57-40-17-9-8-15-36(40)41(52)46-37(27-32-11-4-2-5-12-32)43(54)51-24-10-16-38(51)44(49)55/h3,6-9,13-15,17-21,29,32,37-39H,2,4-5,10-12,16,22-28,30H2,1H3,(H,45,53)(H,46,52)/t37-,38-,39+/m1/s1. The largest absolute Gasteiger partial charge is 0.492 e. The van der Waals surface area contributed by atoms with Crippen molar-refractivity contribution in [3.8, 4) is 11.5 Å². The number of benzene rings is 3. The normalized spacial score (nSPS) is 22.1. The Morgan fingerprint density at radius 2 is 1.58 bits per heavy atom. The van der Waals surface area contributed by atoms with Crippen molar-refractivity contribution in [3.63, 3.8) is 0 Å². The maximum Gasteiger partial charge on any atom is 0.255 e. The summed E-state index contributed by atoms with van der Waals surface area (Å²) in [5.41, 5.74) is 2.84. The minimum Gasteiger partial charge on any atom is -0.492 e. The third-order valence-electron chi connectivity index (χ3n) is 11.4. The molecule has 57 heavy (non-hydrogen) atoms. The first-order chi connectivity index (χ1) is 27.8. The number of ether oxygens (including phenoxy) is 2. The Balaban J connectivity index is 1.17. The molecule has 2 fully saturated rings. The van der Waals surface area contributed by atoms with Crippen LogP contribution in [0, 0.1) is 5.92 Å². The van der Waals surface area contributed by atoms with Crippen molar-refractivity contribution < 1.29 is 28.7 Å². The number of para-hydroxylation sites is 1. The van der Waals surface area contributed by atoms with Crippen molar-refractivity contribution in [2.75, 3.05) is 26.7 Å². The van der Waals surface area contributed by atoms with E-state index in [1.807, 2.05) is 54.6 Å². The summed E-state index contributed by atoms with van der Waals surface area (Å²) < 4.78 is 13.8. The van der Waals surface area contributed by atoms with Crippen molar-refractivity contribution in [3.05, 3.63) is 107 Å². The lowest BCUT2D eigenvalue weighted by molar-refractivity contribution is -0.147. The van der Waals surface area contributed by atoms with Gasteiger partial charge in [0.15, 0.2) is 0 Å². The molecule has 13 heteroatoms. The molecule has 1 saturated carbocycles. The molecule has 3 aliphatic heterocycles. The summed E-state index contributed by atoms with van der Waals surface area (Å²) in [7, 11) is 1.66. The van der Waals surface area contributed by atoms with Crippen LogP contribution in [0.2, 0.25) is 0 Å². The van der Waals surface area contributed by atoms with Crippen molar-refractivity contribution >= 4 is 23.6 Å². The van der Waals surface area contributed by atoms with Crippen LogP contribution in [-0.4, -0.2) is 93.3 Å². The van der Waals surface area contributed by atoms with Gasteiger partial charge in [0.25, 0.3) is 5.91 Å². The van der Waals surface area contributed by atoms with Crippen molar-refractivity contribution in [2.45, 2.75) is 95.5 Å². The Bertz CT molecular complexity index is 1980. The fourth-order valence-electron chi connectivity index (χ4n) is 8.24. The lowest BCUT2D eigenvalue weighted by atomic mass is 9.84. The van der Waals surface area contributed by atoms with E-state index in [-0.39, 0.29) is 30.2 Å². The Kier molecular flexibility index (Phi) is 13.1. The van der Waals surface area contributed by atoms with E-state index in [0.717, 1.165) is 43.2 Å². The van der Waals surface area contributed by atoms with E-state index in [9.17, 15) is 19.2 Å². The maximum absolute atomic E-state index is 14.7. The molecule has 4 amide bonds. The summed E-state index contributed by atoms with van der Waals surface area (Å²) in [5, 5.41) is 14.6. The Morgan fingerprint density at radius 1 is 0.807 bits per heavy atom. The van der Waals surface area contributed by atoms with E-state index in [1.54, 1.807) is 47.1 Å². The molecule has 3 aromatic carbocycles. The van der Waals surface area contributed by atoms with E-state index in [0.29, 0.717) is 81.1 Å². The summed E-state index contributed by atoms with van der Waals surface area (Å²) in [4.78, 5) is 60.3. The first-order valence-corrected chi connectivity index (χ1v) is 20.3. The number of amides is 4. The van der Waals surface area contributed by atoms with Crippen LogP contribution < -0.4 is 20.1 Å². The summed E-state index contributed by atoms with van der Waals surface area (Å²) in [6.07, 6.45) is 9.58. The number of rotatable bonds is 4. The van der Waals surface area contributed by atoms with Crippen LogP contribution in [-0.2, 0) is 40.4 Å². The first-order valence-electron chi connectivity index (χ1n) is 20.3. The molecule has 300 valence electrons. The molecule has 4 bridgehead atoms. The topological polar surface area (TPSA) is 148 Å². The van der Waals surface area contributed by atoms with Crippen LogP contribution in [0.1, 0.15) is 78.5 Å². The number of carbonyl (C=O) groups is 4. The van der Waals surface area contributed by atoms with Crippen LogP contribution in [0.4, 0.5) is 0 Å². The quantitative estimate of drug-likeness (QED) is 0.303. The Hall–Kier alpha value is -5.72. The average molecular weight is 776 g/mol. The zero-order chi connectivity index (χ0) is 39.6. The lowest BCUT2D eigenvalue weighted by Crippen LogP contribution is -2.57. The first kappa shape index (κ1) is 39.5. The fraction of sp³-hybridized carbons (Fsp3) is 0.455. The van der Waals surface area contributed by atoms with Gasteiger partial charge in [0.2, 0.25) is 17.7 Å². The van der Waals surface area contributed by atoms with Gasteiger partial charge in [-0.25, -0.2) is 4.68 Å². The average Bonchev–Trinajstić information content (AvgIpc) is 3.92. The van der Waals surface area contributed by atoms with Gasteiger partial charge >= 0.3 is 0 Å². The van der Waals surface area contributed by atoms with Gasteiger partial charge in [-0.3, -0.25) is 19.2 Å². The Labute approximate surface area is 334 Å². The zero-order valence-corrected chi connectivity index (χ0v) is 32.7. The number of nitrogens with one attached hydrogen (secondary N) is 2. The highest BCUT2D eigenvalue weighted by atomic mass is 16.5. The van der Waals surface area contributed by atoms with Gasteiger partial charge in [-0.1, -0.05) is 91.9 Å². The number of hydrogen-bond donors (Lipinski definition) is 2. The number of hydrogen-bond acceptors (Lipinski definition) is 8. The van der Waals surface area contributed by atoms with Gasteiger partial charge < -0.3 is 29.9 Å². The van der Waals surface area contributed by atoms with Crippen molar-refractivity contribution in [1.82, 2.24) is 35.4 Å². The predicted octanol–water partition coefficient (Wildman–Crippen LogP) is 4.74. The third-order valence-corrected chi connectivity index (χ3v) is 11.4. The zero-order valence-electron chi connectivity index (χ0n) is 32.7. The van der Waals surface area contributed by atoms with Gasteiger partial charge in [-0.05, 0) is 67.0 Å². The molecule has 1 aromatic heterocycles. The fourth-order valence-corrected chi connectivity index (χ4v) is 8.24. The minimum absolute atomic E-state index is 0.0881. The minimum atomic E-state index is -0.838. The van der Waals surface area contributed by atoms with E-state index < -0.39 is 24.0 Å². The van der Waals surface area contributed by atoms with Crippen LogP contribution in [0.25, 0.3) is 0 Å².